The molecule has 36 heavy (non-hydrogen) atoms. The zero-order chi connectivity index (χ0) is 25.0. The lowest BCUT2D eigenvalue weighted by molar-refractivity contribution is -0.117. The predicted octanol–water partition coefficient (Wildman–Crippen LogP) is 4.06. The number of nitrogen functional groups attached to an aromatic ring is 1. The Kier molecular flexibility index (Phi) is 5.06. The normalized spacial score (nSPS) is 16.9. The van der Waals surface area contributed by atoms with Crippen LogP contribution in [0.1, 0.15) is 23.5 Å². The number of nitrogens with two attached hydrogens (primary N) is 1. The van der Waals surface area contributed by atoms with Gasteiger partial charge < -0.3 is 11.1 Å². The Hall–Kier alpha value is -4.53. The van der Waals surface area contributed by atoms with Crippen LogP contribution < -0.4 is 11.1 Å². The molecule has 1 aliphatic rings. The van der Waals surface area contributed by atoms with Crippen molar-refractivity contribution in [1.82, 2.24) is 29.5 Å². The summed E-state index contributed by atoms with van der Waals surface area (Å²) in [4.78, 5) is 22.0. The van der Waals surface area contributed by atoms with Crippen LogP contribution in [-0.2, 0) is 18.9 Å². The number of aryl methyl sites for hydroxylation is 3. The molecule has 1 saturated carbocycles. The molecule has 2 atom stereocenters. The smallest absolute Gasteiger partial charge is 0.229 e. The lowest BCUT2D eigenvalue weighted by Gasteiger charge is -2.14. The van der Waals surface area contributed by atoms with Crippen LogP contribution in [0.5, 0.6) is 0 Å². The van der Waals surface area contributed by atoms with Crippen LogP contribution in [0, 0.1) is 12.8 Å². The van der Waals surface area contributed by atoms with E-state index in [1.807, 2.05) is 55.4 Å². The third kappa shape index (κ3) is 3.78. The zero-order valence-electron chi connectivity index (χ0n) is 20.3. The van der Waals surface area contributed by atoms with Gasteiger partial charge in [-0.05, 0) is 71.7 Å². The molecule has 6 rings (SSSR count). The average Bonchev–Trinajstić information content (AvgIpc) is 3.36. The zero-order valence-corrected chi connectivity index (χ0v) is 20.3. The second kappa shape index (κ2) is 8.30. The van der Waals surface area contributed by atoms with Gasteiger partial charge in [-0.1, -0.05) is 0 Å². The highest BCUT2D eigenvalue weighted by molar-refractivity contribution is 6.01. The number of fused-ring (bicyclic) bond motifs is 1. The van der Waals surface area contributed by atoms with Gasteiger partial charge >= 0.3 is 0 Å². The van der Waals surface area contributed by atoms with Gasteiger partial charge in [-0.25, -0.2) is 4.98 Å². The number of anilines is 2. The van der Waals surface area contributed by atoms with E-state index in [1.54, 1.807) is 23.3 Å². The molecule has 9 heteroatoms. The molecular weight excluding hydrogens is 452 g/mol. The Labute approximate surface area is 208 Å². The first-order chi connectivity index (χ1) is 17.4. The summed E-state index contributed by atoms with van der Waals surface area (Å²) in [6, 6.07) is 9.84. The summed E-state index contributed by atoms with van der Waals surface area (Å²) in [5.74, 6) is 0.625. The molecule has 9 nitrogen and oxygen atoms in total. The molecule has 3 N–H and O–H groups in total. The molecule has 4 aromatic heterocycles. The molecule has 0 bridgehead atoms. The van der Waals surface area contributed by atoms with E-state index >= 15 is 0 Å². The number of carbonyl (C=O) groups excluding carboxylic acids is 1. The number of aromatic nitrogens is 6. The topological polar surface area (TPSA) is 117 Å². The van der Waals surface area contributed by atoms with Gasteiger partial charge in [0.05, 0.1) is 17.6 Å². The summed E-state index contributed by atoms with van der Waals surface area (Å²) in [7, 11) is 3.78. The fourth-order valence-electron chi connectivity index (χ4n) is 4.93. The SMILES string of the molecule is Cc1ccnc(-c2ccnn2C)c1-c1cc(N)c2cnc(NC(=O)C3CC3c3cnn(C)c3)cc2c1. The number of carbonyl (C=O) groups is 1. The molecule has 5 aromatic rings. The quantitative estimate of drug-likeness (QED) is 0.368. The first-order valence-electron chi connectivity index (χ1n) is 11.8. The van der Waals surface area contributed by atoms with Crippen LogP contribution in [0.15, 0.2) is 61.3 Å². The summed E-state index contributed by atoms with van der Waals surface area (Å²) in [6.07, 6.45) is 9.90. The van der Waals surface area contributed by atoms with Crippen LogP contribution in [0.25, 0.3) is 33.3 Å². The minimum absolute atomic E-state index is 0.0265. The van der Waals surface area contributed by atoms with E-state index in [9.17, 15) is 4.79 Å². The number of nitrogens with zero attached hydrogens (tertiary/aromatic N) is 6. The maximum absolute atomic E-state index is 12.9. The van der Waals surface area contributed by atoms with Crippen LogP contribution in [0.4, 0.5) is 11.5 Å². The number of hydrogen-bond donors (Lipinski definition) is 2. The van der Waals surface area contributed by atoms with E-state index < -0.39 is 0 Å². The highest BCUT2D eigenvalue weighted by atomic mass is 16.2. The first-order valence-corrected chi connectivity index (χ1v) is 11.8. The highest BCUT2D eigenvalue weighted by Gasteiger charge is 2.44. The monoisotopic (exact) mass is 478 g/mol. The largest absolute Gasteiger partial charge is 0.398 e. The second-order valence-electron chi connectivity index (χ2n) is 9.43. The fourth-order valence-corrected chi connectivity index (χ4v) is 4.93. The van der Waals surface area contributed by atoms with E-state index in [4.69, 9.17) is 5.73 Å². The molecule has 0 aliphatic heterocycles. The van der Waals surface area contributed by atoms with E-state index in [2.05, 4.69) is 38.5 Å². The van der Waals surface area contributed by atoms with Crippen LogP contribution in [0.2, 0.25) is 0 Å². The van der Waals surface area contributed by atoms with Crippen molar-refractivity contribution in [3.63, 3.8) is 0 Å². The van der Waals surface area contributed by atoms with Gasteiger partial charge in [-0.15, -0.1) is 0 Å². The number of amides is 1. The maximum Gasteiger partial charge on any atom is 0.229 e. The van der Waals surface area contributed by atoms with Crippen molar-refractivity contribution < 1.29 is 4.79 Å². The van der Waals surface area contributed by atoms with Gasteiger partial charge in [0, 0.05) is 61.4 Å². The van der Waals surface area contributed by atoms with Gasteiger partial charge in [0.15, 0.2) is 0 Å². The van der Waals surface area contributed by atoms with Crippen molar-refractivity contribution in [2.45, 2.75) is 19.3 Å². The number of hydrogen-bond acceptors (Lipinski definition) is 6. The van der Waals surface area contributed by atoms with Gasteiger partial charge in [-0.3, -0.25) is 19.1 Å². The van der Waals surface area contributed by atoms with Crippen LogP contribution >= 0.6 is 0 Å². The number of pyridine rings is 2. The van der Waals surface area contributed by atoms with Gasteiger partial charge in [0.25, 0.3) is 0 Å². The summed E-state index contributed by atoms with van der Waals surface area (Å²) < 4.78 is 3.57. The van der Waals surface area contributed by atoms with E-state index in [1.165, 1.54) is 0 Å². The predicted molar refractivity (Wildman–Crippen MR) is 139 cm³/mol. The molecule has 0 spiro atoms. The van der Waals surface area contributed by atoms with Crippen molar-refractivity contribution in [3.8, 4) is 22.5 Å². The maximum atomic E-state index is 12.9. The van der Waals surface area contributed by atoms with Crippen molar-refractivity contribution in [1.29, 1.82) is 0 Å². The van der Waals surface area contributed by atoms with Crippen LogP contribution in [0.3, 0.4) is 0 Å². The molecule has 1 aliphatic carbocycles. The van der Waals surface area contributed by atoms with E-state index in [-0.39, 0.29) is 17.7 Å². The minimum atomic E-state index is -0.0670. The fraction of sp³-hybridized carbons (Fsp3) is 0.222. The standard InChI is InChI=1S/C27H26N8O/c1-15-4-6-29-26(23-5-7-31-35(23)3)25(15)17-8-16-10-24(30-13-21(16)22(28)9-17)33-27(36)20-11-19(20)18-12-32-34(2)14-18/h4-10,12-14,19-20H,11,28H2,1-3H3,(H,30,33,36). The summed E-state index contributed by atoms with van der Waals surface area (Å²) in [6.45, 7) is 2.06. The number of rotatable bonds is 5. The Bertz CT molecular complexity index is 1630. The lowest BCUT2D eigenvalue weighted by atomic mass is 9.95. The highest BCUT2D eigenvalue weighted by Crippen LogP contribution is 2.48. The Balaban J connectivity index is 1.33. The summed E-state index contributed by atoms with van der Waals surface area (Å²) >= 11 is 0. The number of nitrogens with one attached hydrogen (secondary N) is 1. The van der Waals surface area contributed by atoms with Crippen LogP contribution in [-0.4, -0.2) is 35.4 Å². The molecule has 1 amide bonds. The van der Waals surface area contributed by atoms with Crippen molar-refractivity contribution in [2.75, 3.05) is 11.1 Å². The minimum Gasteiger partial charge on any atom is -0.398 e. The third-order valence-electron chi connectivity index (χ3n) is 6.91. The molecule has 1 aromatic carbocycles. The van der Waals surface area contributed by atoms with E-state index in [0.29, 0.717) is 11.5 Å². The molecule has 1 fully saturated rings. The molecule has 180 valence electrons. The first kappa shape index (κ1) is 22.0. The van der Waals surface area contributed by atoms with E-state index in [0.717, 1.165) is 50.8 Å². The second-order valence-corrected chi connectivity index (χ2v) is 9.43. The Morgan fingerprint density at radius 2 is 1.94 bits per heavy atom. The summed E-state index contributed by atoms with van der Waals surface area (Å²) in [5.41, 5.74) is 13.0. The lowest BCUT2D eigenvalue weighted by Crippen LogP contribution is -2.15. The molecule has 4 heterocycles. The van der Waals surface area contributed by atoms with Gasteiger partial charge in [0.1, 0.15) is 5.82 Å². The number of benzene rings is 1. The Morgan fingerprint density at radius 3 is 2.69 bits per heavy atom. The van der Waals surface area contributed by atoms with Crippen molar-refractivity contribution in [2.24, 2.45) is 20.0 Å². The van der Waals surface area contributed by atoms with Gasteiger partial charge in [-0.2, -0.15) is 10.2 Å². The van der Waals surface area contributed by atoms with Crippen molar-refractivity contribution >= 4 is 28.2 Å². The molecular formula is C27H26N8O. The van der Waals surface area contributed by atoms with Crippen molar-refractivity contribution in [3.05, 3.63) is 72.4 Å². The molecule has 0 saturated heterocycles. The Morgan fingerprint density at radius 1 is 1.08 bits per heavy atom. The van der Waals surface area contributed by atoms with Gasteiger partial charge in [0.2, 0.25) is 5.91 Å². The molecule has 2 unspecified atom stereocenters. The summed E-state index contributed by atoms with van der Waals surface area (Å²) in [5, 5.41) is 13.2. The average molecular weight is 479 g/mol. The molecule has 0 radical (unpaired) electrons. The third-order valence-corrected chi connectivity index (χ3v) is 6.91.